The molecule has 6 heteroatoms. The lowest BCUT2D eigenvalue weighted by molar-refractivity contribution is 0.102. The molecule has 1 aromatic carbocycles. The van der Waals surface area contributed by atoms with Crippen molar-refractivity contribution in [2.75, 3.05) is 11.6 Å². The number of carbonyl (C=O) groups excluding carboxylic acids is 1. The molecule has 0 aliphatic carbocycles. The van der Waals surface area contributed by atoms with Gasteiger partial charge in [-0.15, -0.1) is 23.1 Å². The number of carbonyl (C=O) groups is 1. The molecule has 1 amide bonds. The van der Waals surface area contributed by atoms with Gasteiger partial charge in [-0.1, -0.05) is 17.7 Å². The Balaban J connectivity index is 2.25. The summed E-state index contributed by atoms with van der Waals surface area (Å²) in [5, 5.41) is 10.3. The van der Waals surface area contributed by atoms with Crippen LogP contribution in [0.1, 0.15) is 20.8 Å². The molecule has 0 aliphatic heterocycles. The lowest BCUT2D eigenvalue weighted by atomic mass is 10.1. The van der Waals surface area contributed by atoms with Gasteiger partial charge in [0.15, 0.2) is 0 Å². The van der Waals surface area contributed by atoms with Crippen molar-refractivity contribution < 1.29 is 4.79 Å². The average molecular weight is 305 g/mol. The summed E-state index contributed by atoms with van der Waals surface area (Å²) in [6.45, 7) is 1.95. The van der Waals surface area contributed by atoms with Crippen LogP contribution >= 0.6 is 23.1 Å². The van der Waals surface area contributed by atoms with Gasteiger partial charge in [0.1, 0.15) is 5.84 Å². The van der Waals surface area contributed by atoms with E-state index in [1.807, 2.05) is 31.4 Å². The van der Waals surface area contributed by atoms with Gasteiger partial charge in [0.05, 0.1) is 14.8 Å². The van der Waals surface area contributed by atoms with Crippen molar-refractivity contribution in [3.63, 3.8) is 0 Å². The zero-order valence-corrected chi connectivity index (χ0v) is 12.8. The fourth-order valence-electron chi connectivity index (χ4n) is 1.73. The standard InChI is InChI=1S/C14H15N3OS2/c1-8-4-3-5-9(6-8)13(18)17-10-7-11(12(15)16)20-14(10)19-2/h3-7H,1-2H3,(H3,15,16)(H,17,18). The van der Waals surface area contributed by atoms with Gasteiger partial charge in [0.2, 0.25) is 0 Å². The van der Waals surface area contributed by atoms with Crippen LogP contribution in [0.25, 0.3) is 0 Å². The Morgan fingerprint density at radius 2 is 2.15 bits per heavy atom. The highest BCUT2D eigenvalue weighted by atomic mass is 32.2. The van der Waals surface area contributed by atoms with E-state index >= 15 is 0 Å². The van der Waals surface area contributed by atoms with Crippen molar-refractivity contribution in [1.82, 2.24) is 0 Å². The van der Waals surface area contributed by atoms with E-state index in [-0.39, 0.29) is 11.7 Å². The number of rotatable bonds is 4. The first-order valence-electron chi connectivity index (χ1n) is 5.91. The Bertz CT molecular complexity index is 664. The minimum absolute atomic E-state index is 0.0151. The summed E-state index contributed by atoms with van der Waals surface area (Å²) in [4.78, 5) is 12.9. The van der Waals surface area contributed by atoms with Crippen LogP contribution in [-0.2, 0) is 0 Å². The fourth-order valence-corrected chi connectivity index (χ4v) is 3.37. The topological polar surface area (TPSA) is 79.0 Å². The molecule has 0 fully saturated rings. The number of nitrogen functional groups attached to an aromatic ring is 1. The van der Waals surface area contributed by atoms with E-state index in [4.69, 9.17) is 11.1 Å². The van der Waals surface area contributed by atoms with Crippen LogP contribution in [-0.4, -0.2) is 18.0 Å². The molecule has 0 saturated heterocycles. The lowest BCUT2D eigenvalue weighted by Gasteiger charge is -2.05. The molecule has 1 aromatic heterocycles. The van der Waals surface area contributed by atoms with E-state index in [1.165, 1.54) is 23.1 Å². The average Bonchev–Trinajstić information content (AvgIpc) is 2.82. The summed E-state index contributed by atoms with van der Waals surface area (Å²) in [6, 6.07) is 9.16. The molecule has 0 saturated carbocycles. The number of thioether (sulfide) groups is 1. The Morgan fingerprint density at radius 3 is 2.75 bits per heavy atom. The number of nitrogens with one attached hydrogen (secondary N) is 2. The van der Waals surface area contributed by atoms with Crippen molar-refractivity contribution >= 4 is 40.5 Å². The van der Waals surface area contributed by atoms with Crippen molar-refractivity contribution in [2.45, 2.75) is 11.1 Å². The summed E-state index contributed by atoms with van der Waals surface area (Å²) < 4.78 is 0.941. The summed E-state index contributed by atoms with van der Waals surface area (Å²) in [5.74, 6) is -0.141. The zero-order chi connectivity index (χ0) is 14.7. The van der Waals surface area contributed by atoms with Gasteiger partial charge in [-0.25, -0.2) is 0 Å². The van der Waals surface area contributed by atoms with Crippen LogP contribution in [0.15, 0.2) is 34.5 Å². The normalized spacial score (nSPS) is 10.3. The van der Waals surface area contributed by atoms with Crippen molar-refractivity contribution in [3.8, 4) is 0 Å². The number of hydrogen-bond acceptors (Lipinski definition) is 4. The zero-order valence-electron chi connectivity index (χ0n) is 11.2. The van der Waals surface area contributed by atoms with Crippen molar-refractivity contribution in [3.05, 3.63) is 46.3 Å². The molecule has 0 radical (unpaired) electrons. The molecule has 2 rings (SSSR count). The van der Waals surface area contributed by atoms with Gasteiger partial charge in [-0.3, -0.25) is 10.2 Å². The molecular formula is C14H15N3OS2. The molecule has 0 unspecified atom stereocenters. The second-order valence-corrected chi connectivity index (χ2v) is 6.38. The monoisotopic (exact) mass is 305 g/mol. The maximum absolute atomic E-state index is 12.2. The molecule has 104 valence electrons. The smallest absolute Gasteiger partial charge is 0.255 e. The largest absolute Gasteiger partial charge is 0.383 e. The fraction of sp³-hybridized carbons (Fsp3) is 0.143. The van der Waals surface area contributed by atoms with Gasteiger partial charge in [0.25, 0.3) is 5.91 Å². The number of amidine groups is 1. The predicted molar refractivity (Wildman–Crippen MR) is 86.2 cm³/mol. The van der Waals surface area contributed by atoms with Gasteiger partial charge in [-0.05, 0) is 31.4 Å². The van der Waals surface area contributed by atoms with Gasteiger partial charge >= 0.3 is 0 Å². The first-order chi connectivity index (χ1) is 9.51. The molecular weight excluding hydrogens is 290 g/mol. The third kappa shape index (κ3) is 3.20. The highest BCUT2D eigenvalue weighted by Gasteiger charge is 2.14. The van der Waals surface area contributed by atoms with E-state index in [0.29, 0.717) is 16.1 Å². The van der Waals surface area contributed by atoms with E-state index < -0.39 is 0 Å². The van der Waals surface area contributed by atoms with Gasteiger partial charge in [0, 0.05) is 5.56 Å². The maximum atomic E-state index is 12.2. The SMILES string of the molecule is CSc1sc(C(=N)N)cc1NC(=O)c1cccc(C)c1. The number of benzene rings is 1. The first kappa shape index (κ1) is 14.6. The van der Waals surface area contributed by atoms with Crippen LogP contribution < -0.4 is 11.1 Å². The molecule has 2 aromatic rings. The molecule has 4 nitrogen and oxygen atoms in total. The molecule has 0 aliphatic rings. The van der Waals surface area contributed by atoms with Crippen LogP contribution in [0.2, 0.25) is 0 Å². The Labute approximate surface area is 125 Å². The number of hydrogen-bond donors (Lipinski definition) is 3. The second-order valence-electron chi connectivity index (χ2n) is 4.25. The summed E-state index contributed by atoms with van der Waals surface area (Å²) in [6.07, 6.45) is 1.93. The van der Waals surface area contributed by atoms with Crippen LogP contribution in [0.5, 0.6) is 0 Å². The molecule has 0 atom stereocenters. The highest BCUT2D eigenvalue weighted by molar-refractivity contribution is 8.00. The third-order valence-corrected chi connectivity index (χ3v) is 4.98. The highest BCUT2D eigenvalue weighted by Crippen LogP contribution is 2.34. The minimum atomic E-state index is -0.156. The minimum Gasteiger partial charge on any atom is -0.383 e. The second kappa shape index (κ2) is 6.11. The lowest BCUT2D eigenvalue weighted by Crippen LogP contribution is -2.12. The molecule has 20 heavy (non-hydrogen) atoms. The van der Waals surface area contributed by atoms with Gasteiger partial charge < -0.3 is 11.1 Å². The number of anilines is 1. The molecule has 0 bridgehead atoms. The predicted octanol–water partition coefficient (Wildman–Crippen LogP) is 3.31. The van der Waals surface area contributed by atoms with Crippen molar-refractivity contribution in [2.24, 2.45) is 5.73 Å². The van der Waals surface area contributed by atoms with E-state index in [2.05, 4.69) is 5.32 Å². The third-order valence-electron chi connectivity index (χ3n) is 2.68. The summed E-state index contributed by atoms with van der Waals surface area (Å²) in [5.41, 5.74) is 7.85. The van der Waals surface area contributed by atoms with E-state index in [0.717, 1.165) is 9.77 Å². The number of nitrogens with two attached hydrogens (primary N) is 1. The number of thiophene rings is 1. The quantitative estimate of drug-likeness (QED) is 0.460. The maximum Gasteiger partial charge on any atom is 0.255 e. The molecule has 1 heterocycles. The number of aryl methyl sites for hydroxylation is 1. The van der Waals surface area contributed by atoms with Crippen LogP contribution in [0.3, 0.4) is 0 Å². The van der Waals surface area contributed by atoms with Crippen LogP contribution in [0.4, 0.5) is 5.69 Å². The number of amides is 1. The Hall–Kier alpha value is -1.79. The molecule has 4 N–H and O–H groups in total. The van der Waals surface area contributed by atoms with Gasteiger partial charge in [-0.2, -0.15) is 0 Å². The molecule has 0 spiro atoms. The first-order valence-corrected chi connectivity index (χ1v) is 7.95. The summed E-state index contributed by atoms with van der Waals surface area (Å²) >= 11 is 2.93. The van der Waals surface area contributed by atoms with Crippen LogP contribution in [0, 0.1) is 12.3 Å². The summed E-state index contributed by atoms with van der Waals surface area (Å²) in [7, 11) is 0. The Morgan fingerprint density at radius 1 is 1.40 bits per heavy atom. The Kier molecular flexibility index (Phi) is 4.46. The van der Waals surface area contributed by atoms with Crippen molar-refractivity contribution in [1.29, 1.82) is 5.41 Å². The van der Waals surface area contributed by atoms with E-state index in [9.17, 15) is 4.79 Å². The van der Waals surface area contributed by atoms with E-state index in [1.54, 1.807) is 12.1 Å².